The molecular weight excluding hydrogens is 363 g/mol. The van der Waals surface area contributed by atoms with Crippen LogP contribution in [0.3, 0.4) is 0 Å². The van der Waals surface area contributed by atoms with E-state index in [0.29, 0.717) is 17.9 Å². The van der Waals surface area contributed by atoms with Crippen molar-refractivity contribution >= 4 is 39.4 Å². The molecular formula is C11H13IN4O3. The molecule has 1 aliphatic rings. The smallest absolute Gasteiger partial charge is 0.148 e. The Labute approximate surface area is 122 Å². The van der Waals surface area contributed by atoms with Crippen LogP contribution in [0.1, 0.15) is 12.6 Å². The van der Waals surface area contributed by atoms with Crippen LogP contribution in [-0.4, -0.2) is 43.6 Å². The lowest BCUT2D eigenvalue weighted by atomic mass is 10.2. The number of anilines is 1. The lowest BCUT2D eigenvalue weighted by Gasteiger charge is -2.14. The lowest BCUT2D eigenvalue weighted by Crippen LogP contribution is -2.24. The third-order valence-electron chi connectivity index (χ3n) is 3.29. The van der Waals surface area contributed by atoms with Gasteiger partial charge in [0, 0.05) is 16.2 Å². The van der Waals surface area contributed by atoms with Crippen molar-refractivity contribution in [1.82, 2.24) is 14.5 Å². The Morgan fingerprint density at radius 2 is 2.32 bits per heavy atom. The molecule has 3 atom stereocenters. The minimum Gasteiger partial charge on any atom is -0.394 e. The number of aliphatic hydroxyl groups is 2. The van der Waals surface area contributed by atoms with Crippen molar-refractivity contribution in [1.29, 1.82) is 0 Å². The molecule has 2 aromatic heterocycles. The SMILES string of the molecule is Nc1ncnc2c1c(I)cn2C1C[C@H](O)C(CO)O1. The van der Waals surface area contributed by atoms with E-state index >= 15 is 0 Å². The minimum atomic E-state index is -0.677. The van der Waals surface area contributed by atoms with Crippen molar-refractivity contribution < 1.29 is 14.9 Å². The van der Waals surface area contributed by atoms with Gasteiger partial charge >= 0.3 is 0 Å². The molecule has 0 aliphatic carbocycles. The Balaban J connectivity index is 2.05. The van der Waals surface area contributed by atoms with E-state index in [0.717, 1.165) is 8.96 Å². The molecule has 7 nitrogen and oxygen atoms in total. The van der Waals surface area contributed by atoms with E-state index in [9.17, 15) is 5.11 Å². The van der Waals surface area contributed by atoms with Gasteiger partial charge in [0.2, 0.25) is 0 Å². The highest BCUT2D eigenvalue weighted by Crippen LogP contribution is 2.34. The third kappa shape index (κ3) is 2.08. The molecule has 3 rings (SSSR count). The Bertz CT molecular complexity index is 617. The van der Waals surface area contributed by atoms with E-state index in [2.05, 4.69) is 32.6 Å². The van der Waals surface area contributed by atoms with Crippen molar-refractivity contribution in [2.75, 3.05) is 12.3 Å². The summed E-state index contributed by atoms with van der Waals surface area (Å²) < 4.78 is 8.38. The highest BCUT2D eigenvalue weighted by atomic mass is 127. The van der Waals surface area contributed by atoms with Crippen molar-refractivity contribution in [2.45, 2.75) is 24.9 Å². The summed E-state index contributed by atoms with van der Waals surface area (Å²) in [5, 5.41) is 19.7. The molecule has 0 saturated carbocycles. The number of halogens is 1. The fourth-order valence-corrected chi connectivity index (χ4v) is 3.15. The monoisotopic (exact) mass is 376 g/mol. The van der Waals surface area contributed by atoms with Crippen LogP contribution < -0.4 is 5.73 Å². The summed E-state index contributed by atoms with van der Waals surface area (Å²) in [6.45, 7) is -0.203. The van der Waals surface area contributed by atoms with Gasteiger partial charge in [-0.3, -0.25) is 0 Å². The number of nitrogens with two attached hydrogens (primary N) is 1. The van der Waals surface area contributed by atoms with Gasteiger partial charge in [0.05, 0.1) is 18.1 Å². The van der Waals surface area contributed by atoms with Gasteiger partial charge in [-0.25, -0.2) is 9.97 Å². The topological polar surface area (TPSA) is 106 Å². The summed E-state index contributed by atoms with van der Waals surface area (Å²) in [5.74, 6) is 0.422. The number of fused-ring (bicyclic) bond motifs is 1. The number of nitrogens with zero attached hydrogens (tertiary/aromatic N) is 3. The standard InChI is InChI=1S/C11H13IN4O3/c12-5-2-16(8-1-6(18)7(3-17)19-8)11-9(5)10(13)14-4-15-11/h2,4,6-8,17-18H,1,3H2,(H2,13,14,15)/t6-,7?,8?/m0/s1. The minimum absolute atomic E-state index is 0.203. The van der Waals surface area contributed by atoms with E-state index in [1.54, 1.807) is 0 Å². The second kappa shape index (κ2) is 4.85. The highest BCUT2D eigenvalue weighted by molar-refractivity contribution is 14.1. The Morgan fingerprint density at radius 3 is 3.00 bits per heavy atom. The summed E-state index contributed by atoms with van der Waals surface area (Å²) in [7, 11) is 0. The average molecular weight is 376 g/mol. The Hall–Kier alpha value is -0.970. The molecule has 0 aromatic carbocycles. The Morgan fingerprint density at radius 1 is 1.53 bits per heavy atom. The van der Waals surface area contributed by atoms with Gasteiger partial charge in [0.1, 0.15) is 30.1 Å². The second-order valence-corrected chi connectivity index (χ2v) is 5.62. The number of aromatic nitrogens is 3. The van der Waals surface area contributed by atoms with Crippen LogP contribution in [0.25, 0.3) is 11.0 Å². The van der Waals surface area contributed by atoms with Crippen LogP contribution in [0.4, 0.5) is 5.82 Å². The van der Waals surface area contributed by atoms with Crippen molar-refractivity contribution in [3.05, 3.63) is 16.1 Å². The summed E-state index contributed by atoms with van der Waals surface area (Å²) in [4.78, 5) is 8.20. The molecule has 4 N–H and O–H groups in total. The largest absolute Gasteiger partial charge is 0.394 e. The van der Waals surface area contributed by atoms with E-state index < -0.39 is 12.2 Å². The van der Waals surface area contributed by atoms with Crippen molar-refractivity contribution in [3.8, 4) is 0 Å². The second-order valence-electron chi connectivity index (χ2n) is 4.46. The molecule has 102 valence electrons. The maximum Gasteiger partial charge on any atom is 0.148 e. The fourth-order valence-electron chi connectivity index (χ4n) is 2.33. The lowest BCUT2D eigenvalue weighted by molar-refractivity contribution is -0.0430. The van der Waals surface area contributed by atoms with Crippen molar-refractivity contribution in [3.63, 3.8) is 0 Å². The molecule has 2 unspecified atom stereocenters. The molecule has 8 heteroatoms. The molecule has 1 saturated heterocycles. The van der Waals surface area contributed by atoms with Crippen LogP contribution >= 0.6 is 22.6 Å². The van der Waals surface area contributed by atoms with E-state index in [-0.39, 0.29) is 12.8 Å². The third-order valence-corrected chi connectivity index (χ3v) is 4.10. The normalized spacial score (nSPS) is 27.2. The van der Waals surface area contributed by atoms with Gasteiger partial charge in [-0.05, 0) is 22.6 Å². The molecule has 0 radical (unpaired) electrons. The number of rotatable bonds is 2. The average Bonchev–Trinajstić information content (AvgIpc) is 2.91. The summed E-state index contributed by atoms with van der Waals surface area (Å²) in [6.07, 6.45) is 2.10. The molecule has 1 aliphatic heterocycles. The van der Waals surface area contributed by atoms with Crippen LogP contribution in [0.2, 0.25) is 0 Å². The number of nitrogen functional groups attached to an aromatic ring is 1. The van der Waals surface area contributed by atoms with E-state index in [1.807, 2.05) is 10.8 Å². The molecule has 0 spiro atoms. The van der Waals surface area contributed by atoms with Gasteiger partial charge in [-0.15, -0.1) is 0 Å². The van der Waals surface area contributed by atoms with Crippen LogP contribution in [0.15, 0.2) is 12.5 Å². The first-order valence-electron chi connectivity index (χ1n) is 5.82. The first kappa shape index (κ1) is 13.0. The van der Waals surface area contributed by atoms with Gasteiger partial charge in [-0.1, -0.05) is 0 Å². The van der Waals surface area contributed by atoms with Gasteiger partial charge in [-0.2, -0.15) is 0 Å². The zero-order valence-electron chi connectivity index (χ0n) is 9.90. The van der Waals surface area contributed by atoms with Crippen molar-refractivity contribution in [2.24, 2.45) is 0 Å². The summed E-state index contributed by atoms with van der Waals surface area (Å²) in [6, 6.07) is 0. The molecule has 0 bridgehead atoms. The van der Waals surface area contributed by atoms with Gasteiger partial charge in [0.15, 0.2) is 0 Å². The molecule has 2 aromatic rings. The summed E-state index contributed by atoms with van der Waals surface area (Å²) >= 11 is 2.16. The molecule has 0 amide bonds. The predicted octanol–water partition coefficient (Wildman–Crippen LogP) is 0.259. The van der Waals surface area contributed by atoms with Gasteiger partial charge < -0.3 is 25.3 Å². The first-order valence-corrected chi connectivity index (χ1v) is 6.90. The molecule has 1 fully saturated rings. The number of ether oxygens (including phenoxy) is 1. The zero-order chi connectivity index (χ0) is 13.6. The quantitative estimate of drug-likeness (QED) is 0.650. The number of hydrogen-bond donors (Lipinski definition) is 3. The van der Waals surface area contributed by atoms with Crippen LogP contribution in [-0.2, 0) is 4.74 Å². The maximum atomic E-state index is 9.80. The zero-order valence-corrected chi connectivity index (χ0v) is 12.1. The van der Waals surface area contributed by atoms with E-state index in [1.165, 1.54) is 6.33 Å². The fraction of sp³-hybridized carbons (Fsp3) is 0.455. The Kier molecular flexibility index (Phi) is 3.33. The van der Waals surface area contributed by atoms with E-state index in [4.69, 9.17) is 15.6 Å². The van der Waals surface area contributed by atoms with Crippen LogP contribution in [0, 0.1) is 3.57 Å². The number of aliphatic hydroxyl groups excluding tert-OH is 2. The summed E-state index contributed by atoms with van der Waals surface area (Å²) in [5.41, 5.74) is 6.52. The van der Waals surface area contributed by atoms with Gasteiger partial charge in [0.25, 0.3) is 0 Å². The van der Waals surface area contributed by atoms with Crippen LogP contribution in [0.5, 0.6) is 0 Å². The molecule has 19 heavy (non-hydrogen) atoms. The maximum absolute atomic E-state index is 9.80. The first-order chi connectivity index (χ1) is 9.11. The number of hydrogen-bond acceptors (Lipinski definition) is 6. The molecule has 3 heterocycles. The highest BCUT2D eigenvalue weighted by Gasteiger charge is 2.35. The predicted molar refractivity (Wildman–Crippen MR) is 76.3 cm³/mol.